The molecule has 0 heterocycles. The van der Waals surface area contributed by atoms with E-state index in [1.54, 1.807) is 0 Å². The first-order chi connectivity index (χ1) is 10.4. The summed E-state index contributed by atoms with van der Waals surface area (Å²) in [6, 6.07) is 0.233. The van der Waals surface area contributed by atoms with Gasteiger partial charge in [-0.1, -0.05) is 0 Å². The van der Waals surface area contributed by atoms with Crippen molar-refractivity contribution in [1.29, 1.82) is 0 Å². The number of likely N-dealkylation sites (N-methyl/N-ethyl adjacent to an activating group) is 2. The van der Waals surface area contributed by atoms with Crippen molar-refractivity contribution in [1.82, 2.24) is 0 Å². The van der Waals surface area contributed by atoms with Gasteiger partial charge in [0.15, 0.2) is 0 Å². The molecule has 0 spiro atoms. The lowest BCUT2D eigenvalue weighted by Gasteiger charge is -2.40. The van der Waals surface area contributed by atoms with Gasteiger partial charge < -0.3 is 48.7 Å². The van der Waals surface area contributed by atoms with E-state index < -0.39 is 12.2 Å². The summed E-state index contributed by atoms with van der Waals surface area (Å²) in [5.74, 6) is 0.503. The molecule has 0 fully saturated rings. The number of hydrogen-bond donors (Lipinski definition) is 2. The molecule has 0 bridgehead atoms. The van der Waals surface area contributed by atoms with Gasteiger partial charge in [-0.2, -0.15) is 0 Å². The fourth-order valence-electron chi connectivity index (χ4n) is 2.66. The Morgan fingerprint density at radius 3 is 1.76 bits per heavy atom. The molecule has 9 heteroatoms. The summed E-state index contributed by atoms with van der Waals surface area (Å²) in [5, 5.41) is 19.5. The fraction of sp³-hybridized carbons (Fsp3) is 1.00. The number of hydrogen-bond acceptors (Lipinski definition) is 3. The molecule has 0 amide bonds. The molecule has 0 aliphatic rings. The molecule has 0 saturated heterocycles. The molecular formula is C16H36Cl4N2O3. The van der Waals surface area contributed by atoms with Crippen molar-refractivity contribution in [2.24, 2.45) is 0 Å². The minimum Gasteiger partial charge on any atom is -1.00 e. The van der Waals surface area contributed by atoms with Crippen molar-refractivity contribution in [3.8, 4) is 0 Å². The SMILES string of the molecule is CC(OCC[N+](C)(C)CC(O)CCl)C(C)[N+](C)(C)CC(O)CCl.[Cl-].[Cl-]. The van der Waals surface area contributed by atoms with E-state index >= 15 is 0 Å². The Kier molecular flexibility index (Phi) is 17.2. The van der Waals surface area contributed by atoms with Crippen LogP contribution in [-0.4, -0.2) is 110 Å². The molecule has 2 N–H and O–H groups in total. The Bertz CT molecular complexity index is 337. The highest BCUT2D eigenvalue weighted by Crippen LogP contribution is 2.15. The maximum absolute atomic E-state index is 9.79. The van der Waals surface area contributed by atoms with E-state index in [9.17, 15) is 10.2 Å². The lowest BCUT2D eigenvalue weighted by molar-refractivity contribution is -0.919. The summed E-state index contributed by atoms with van der Waals surface area (Å²) in [7, 11) is 8.28. The maximum Gasteiger partial charge on any atom is 0.116 e. The number of aliphatic hydroxyl groups is 2. The number of aliphatic hydroxyl groups excluding tert-OH is 2. The highest BCUT2D eigenvalue weighted by atomic mass is 35.5. The zero-order valence-corrected chi connectivity index (χ0v) is 19.3. The van der Waals surface area contributed by atoms with E-state index in [4.69, 9.17) is 27.9 Å². The second-order valence-electron chi connectivity index (χ2n) is 7.74. The Morgan fingerprint density at radius 1 is 0.880 bits per heavy atom. The second-order valence-corrected chi connectivity index (χ2v) is 8.35. The van der Waals surface area contributed by atoms with Crippen LogP contribution in [0.5, 0.6) is 0 Å². The number of rotatable bonds is 12. The van der Waals surface area contributed by atoms with Crippen LogP contribution in [-0.2, 0) is 4.74 Å². The molecule has 0 aromatic heterocycles. The van der Waals surface area contributed by atoms with Crippen molar-refractivity contribution in [2.45, 2.75) is 38.2 Å². The number of halogens is 4. The summed E-state index contributed by atoms with van der Waals surface area (Å²) in [4.78, 5) is 0. The van der Waals surface area contributed by atoms with E-state index in [0.717, 1.165) is 6.54 Å². The van der Waals surface area contributed by atoms with Crippen LogP contribution in [0, 0.1) is 0 Å². The van der Waals surface area contributed by atoms with Crippen LogP contribution in [0.25, 0.3) is 0 Å². The molecule has 0 aliphatic heterocycles. The Hall–Kier alpha value is 0.960. The van der Waals surface area contributed by atoms with Crippen LogP contribution in [0.1, 0.15) is 13.8 Å². The van der Waals surface area contributed by atoms with Gasteiger partial charge in [-0.05, 0) is 13.8 Å². The van der Waals surface area contributed by atoms with Crippen LogP contribution >= 0.6 is 23.2 Å². The molecule has 4 unspecified atom stereocenters. The molecule has 0 aromatic rings. The second kappa shape index (κ2) is 14.0. The van der Waals surface area contributed by atoms with Gasteiger partial charge >= 0.3 is 0 Å². The van der Waals surface area contributed by atoms with Gasteiger partial charge in [0, 0.05) is 0 Å². The largest absolute Gasteiger partial charge is 1.00 e. The average Bonchev–Trinajstić information content (AvgIpc) is 2.44. The van der Waals surface area contributed by atoms with Gasteiger partial charge in [0.1, 0.15) is 44.0 Å². The van der Waals surface area contributed by atoms with Crippen molar-refractivity contribution >= 4 is 23.2 Å². The van der Waals surface area contributed by atoms with E-state index in [1.165, 1.54) is 0 Å². The van der Waals surface area contributed by atoms with Gasteiger partial charge in [0.25, 0.3) is 0 Å². The Morgan fingerprint density at radius 2 is 1.32 bits per heavy atom. The molecule has 4 atom stereocenters. The summed E-state index contributed by atoms with van der Waals surface area (Å²) in [5.41, 5.74) is 0. The lowest BCUT2D eigenvalue weighted by atomic mass is 10.1. The number of quaternary nitrogens is 2. The predicted octanol–water partition coefficient (Wildman–Crippen LogP) is -4.86. The molecule has 5 nitrogen and oxygen atoms in total. The Balaban J connectivity index is -0.00000242. The van der Waals surface area contributed by atoms with Gasteiger partial charge in [0.2, 0.25) is 0 Å². The number of ether oxygens (including phenoxy) is 1. The van der Waals surface area contributed by atoms with Crippen molar-refractivity contribution < 1.29 is 48.7 Å². The molecule has 0 aliphatic carbocycles. The highest BCUT2D eigenvalue weighted by molar-refractivity contribution is 6.18. The normalized spacial score (nSPS) is 17.0. The van der Waals surface area contributed by atoms with Crippen molar-refractivity contribution in [3.05, 3.63) is 0 Å². The maximum atomic E-state index is 9.79. The summed E-state index contributed by atoms with van der Waals surface area (Å²) in [6.45, 7) is 6.82. The molecule has 0 radical (unpaired) electrons. The third kappa shape index (κ3) is 12.9. The van der Waals surface area contributed by atoms with Crippen LogP contribution in [0.2, 0.25) is 0 Å². The summed E-state index contributed by atoms with van der Waals surface area (Å²) < 4.78 is 7.31. The quantitative estimate of drug-likeness (QED) is 0.234. The van der Waals surface area contributed by atoms with Gasteiger partial charge in [-0.15, -0.1) is 23.2 Å². The lowest BCUT2D eigenvalue weighted by Crippen LogP contribution is -3.00. The van der Waals surface area contributed by atoms with Crippen LogP contribution < -0.4 is 24.8 Å². The summed E-state index contributed by atoms with van der Waals surface area (Å²) >= 11 is 11.4. The van der Waals surface area contributed by atoms with Crippen LogP contribution in [0.4, 0.5) is 0 Å². The monoisotopic (exact) mass is 444 g/mol. The first kappa shape index (κ1) is 30.7. The minimum absolute atomic E-state index is 0. The standard InChI is InChI=1S/C16H36Cl2N2O3.2ClH/c1-13(20(5,6)12-16(22)10-18)14(2)23-8-7-19(3,4)11-15(21)9-17;;/h13-16,21-22H,7-12H2,1-6H3;2*1H/q+2;;/p-2. The molecule has 156 valence electrons. The topological polar surface area (TPSA) is 49.7 Å². The van der Waals surface area contributed by atoms with Gasteiger partial charge in [-0.3, -0.25) is 0 Å². The smallest absolute Gasteiger partial charge is 0.116 e. The summed E-state index contributed by atoms with van der Waals surface area (Å²) in [6.07, 6.45) is -0.935. The molecular weight excluding hydrogens is 410 g/mol. The molecule has 0 aromatic carbocycles. The zero-order chi connectivity index (χ0) is 18.3. The number of nitrogens with zero attached hydrogens (tertiary/aromatic N) is 2. The third-order valence-electron chi connectivity index (χ3n) is 4.60. The first-order valence-electron chi connectivity index (χ1n) is 8.19. The molecule has 25 heavy (non-hydrogen) atoms. The van der Waals surface area contributed by atoms with Gasteiger partial charge in [0.05, 0.1) is 46.6 Å². The minimum atomic E-state index is -0.506. The average molecular weight is 446 g/mol. The van der Waals surface area contributed by atoms with Crippen molar-refractivity contribution in [2.75, 3.05) is 66.2 Å². The van der Waals surface area contributed by atoms with E-state index in [-0.39, 0.29) is 48.7 Å². The van der Waals surface area contributed by atoms with E-state index in [1.807, 2.05) is 0 Å². The van der Waals surface area contributed by atoms with E-state index in [2.05, 4.69) is 42.0 Å². The number of alkyl halides is 2. The fourth-order valence-corrected chi connectivity index (χ4v) is 2.86. The van der Waals surface area contributed by atoms with Crippen molar-refractivity contribution in [3.63, 3.8) is 0 Å². The molecule has 0 saturated carbocycles. The van der Waals surface area contributed by atoms with Crippen LogP contribution in [0.3, 0.4) is 0 Å². The van der Waals surface area contributed by atoms with Gasteiger partial charge in [-0.25, -0.2) is 0 Å². The zero-order valence-electron chi connectivity index (χ0n) is 16.3. The third-order valence-corrected chi connectivity index (χ3v) is 5.31. The Labute approximate surface area is 176 Å². The predicted molar refractivity (Wildman–Crippen MR) is 97.1 cm³/mol. The first-order valence-corrected chi connectivity index (χ1v) is 9.26. The molecule has 0 rings (SSSR count). The highest BCUT2D eigenvalue weighted by Gasteiger charge is 2.32. The van der Waals surface area contributed by atoms with Crippen LogP contribution in [0.15, 0.2) is 0 Å². The van der Waals surface area contributed by atoms with E-state index in [0.29, 0.717) is 28.7 Å².